The molecule has 0 aliphatic heterocycles. The Labute approximate surface area is 159 Å². The van der Waals surface area contributed by atoms with E-state index in [-0.39, 0.29) is 49.7 Å². The SMILES string of the molecule is O=C(O)CCCC(=O)OC(=O)c1cccc(C(=O)OC(=O)CCCC(=O)O)c1. The van der Waals surface area contributed by atoms with Gasteiger partial charge in [-0.3, -0.25) is 19.2 Å². The lowest BCUT2D eigenvalue weighted by Crippen LogP contribution is -2.15. The van der Waals surface area contributed by atoms with Crippen molar-refractivity contribution in [1.82, 2.24) is 0 Å². The van der Waals surface area contributed by atoms with Crippen LogP contribution in [0.4, 0.5) is 0 Å². The summed E-state index contributed by atoms with van der Waals surface area (Å²) in [6.45, 7) is 0. The van der Waals surface area contributed by atoms with E-state index in [9.17, 15) is 28.8 Å². The van der Waals surface area contributed by atoms with E-state index in [2.05, 4.69) is 9.47 Å². The number of carbonyl (C=O) groups is 6. The number of ether oxygens (including phenoxy) is 2. The van der Waals surface area contributed by atoms with E-state index in [0.29, 0.717) is 0 Å². The second-order valence-electron chi connectivity index (χ2n) is 5.60. The molecule has 1 rings (SSSR count). The molecular weight excluding hydrogens is 376 g/mol. The standard InChI is InChI=1S/C18H18O10/c19-13(20)6-2-8-15(23)27-17(25)11-4-1-5-12(10-11)18(26)28-16(24)9-3-7-14(21)22/h1,4-5,10H,2-3,6-9H2,(H,19,20)(H,21,22). The summed E-state index contributed by atoms with van der Waals surface area (Å²) in [6, 6.07) is 4.94. The molecule has 0 aliphatic rings. The minimum Gasteiger partial charge on any atom is -0.481 e. The first kappa shape index (κ1) is 22.5. The zero-order valence-electron chi connectivity index (χ0n) is 14.7. The second-order valence-corrected chi connectivity index (χ2v) is 5.60. The van der Waals surface area contributed by atoms with E-state index in [1.807, 2.05) is 0 Å². The largest absolute Gasteiger partial charge is 0.481 e. The van der Waals surface area contributed by atoms with Gasteiger partial charge in [0.15, 0.2) is 0 Å². The molecular formula is C18H18O10. The van der Waals surface area contributed by atoms with Gasteiger partial charge in [-0.05, 0) is 31.0 Å². The highest BCUT2D eigenvalue weighted by atomic mass is 16.6. The lowest BCUT2D eigenvalue weighted by Gasteiger charge is -2.05. The molecule has 0 saturated carbocycles. The van der Waals surface area contributed by atoms with E-state index in [1.54, 1.807) is 0 Å². The lowest BCUT2D eigenvalue weighted by molar-refractivity contribution is -0.141. The van der Waals surface area contributed by atoms with Gasteiger partial charge < -0.3 is 19.7 Å². The second kappa shape index (κ2) is 11.2. The molecule has 10 nitrogen and oxygen atoms in total. The Bertz CT molecular complexity index is 719. The number of benzene rings is 1. The van der Waals surface area contributed by atoms with Crippen LogP contribution in [0.5, 0.6) is 0 Å². The molecule has 0 heterocycles. The lowest BCUT2D eigenvalue weighted by atomic mass is 10.1. The van der Waals surface area contributed by atoms with Crippen LogP contribution in [0.15, 0.2) is 24.3 Å². The summed E-state index contributed by atoms with van der Waals surface area (Å²) in [5.74, 6) is -6.06. The van der Waals surface area contributed by atoms with Crippen LogP contribution in [0.1, 0.15) is 59.2 Å². The summed E-state index contributed by atoms with van der Waals surface area (Å²) in [7, 11) is 0. The van der Waals surface area contributed by atoms with Crippen molar-refractivity contribution in [2.24, 2.45) is 0 Å². The van der Waals surface area contributed by atoms with Crippen LogP contribution in [0.2, 0.25) is 0 Å². The van der Waals surface area contributed by atoms with Crippen molar-refractivity contribution in [2.45, 2.75) is 38.5 Å². The quantitative estimate of drug-likeness (QED) is 0.440. The van der Waals surface area contributed by atoms with Gasteiger partial charge in [-0.2, -0.15) is 0 Å². The minimum atomic E-state index is -1.08. The average Bonchev–Trinajstić information content (AvgIpc) is 2.61. The van der Waals surface area contributed by atoms with Gasteiger partial charge in [0.05, 0.1) is 11.1 Å². The van der Waals surface area contributed by atoms with Crippen molar-refractivity contribution in [2.75, 3.05) is 0 Å². The number of hydrogen-bond acceptors (Lipinski definition) is 8. The van der Waals surface area contributed by atoms with Crippen LogP contribution in [-0.2, 0) is 28.7 Å². The molecule has 1 aromatic rings. The van der Waals surface area contributed by atoms with Gasteiger partial charge in [-0.1, -0.05) is 6.07 Å². The number of hydrogen-bond donors (Lipinski definition) is 2. The number of esters is 4. The van der Waals surface area contributed by atoms with Crippen LogP contribution >= 0.6 is 0 Å². The van der Waals surface area contributed by atoms with Gasteiger partial charge >= 0.3 is 35.8 Å². The first-order valence-corrected chi connectivity index (χ1v) is 8.22. The average molecular weight is 394 g/mol. The number of carboxylic acids is 2. The Morgan fingerprint density at radius 3 is 1.43 bits per heavy atom. The number of rotatable bonds is 10. The molecule has 28 heavy (non-hydrogen) atoms. The van der Waals surface area contributed by atoms with Crippen LogP contribution in [0.25, 0.3) is 0 Å². The van der Waals surface area contributed by atoms with Gasteiger partial charge in [0.25, 0.3) is 0 Å². The summed E-state index contributed by atoms with van der Waals surface area (Å²) in [5, 5.41) is 17.0. The molecule has 0 atom stereocenters. The normalized spacial score (nSPS) is 10.0. The van der Waals surface area contributed by atoms with E-state index >= 15 is 0 Å². The fraction of sp³-hybridized carbons (Fsp3) is 0.333. The fourth-order valence-corrected chi connectivity index (χ4v) is 1.97. The minimum absolute atomic E-state index is 0.0117. The third-order valence-electron chi connectivity index (χ3n) is 3.29. The number of carboxylic acid groups (broad SMARTS) is 2. The van der Waals surface area contributed by atoms with Gasteiger partial charge in [-0.15, -0.1) is 0 Å². The molecule has 0 spiro atoms. The highest BCUT2D eigenvalue weighted by molar-refractivity contribution is 6.01. The van der Waals surface area contributed by atoms with Gasteiger partial charge in [-0.25, -0.2) is 9.59 Å². The van der Waals surface area contributed by atoms with Gasteiger partial charge in [0.2, 0.25) is 0 Å². The smallest absolute Gasteiger partial charge is 0.345 e. The maximum atomic E-state index is 11.9. The molecule has 0 unspecified atom stereocenters. The Morgan fingerprint density at radius 1 is 0.679 bits per heavy atom. The third-order valence-corrected chi connectivity index (χ3v) is 3.29. The summed E-state index contributed by atoms with van der Waals surface area (Å²) in [6.07, 6.45) is -0.985. The van der Waals surface area contributed by atoms with Crippen molar-refractivity contribution in [3.05, 3.63) is 35.4 Å². The molecule has 0 aliphatic carbocycles. The first-order valence-electron chi connectivity index (χ1n) is 8.22. The number of carbonyl (C=O) groups excluding carboxylic acids is 4. The maximum Gasteiger partial charge on any atom is 0.345 e. The summed E-state index contributed by atoms with van der Waals surface area (Å²) in [5.41, 5.74) is -0.279. The first-order chi connectivity index (χ1) is 13.2. The zero-order chi connectivity index (χ0) is 21.1. The molecule has 0 saturated heterocycles. The highest BCUT2D eigenvalue weighted by Gasteiger charge is 2.18. The Balaban J connectivity index is 2.59. The predicted molar refractivity (Wildman–Crippen MR) is 90.3 cm³/mol. The Morgan fingerprint density at radius 2 is 1.07 bits per heavy atom. The molecule has 0 fully saturated rings. The van der Waals surface area contributed by atoms with Crippen LogP contribution in [0.3, 0.4) is 0 Å². The highest BCUT2D eigenvalue weighted by Crippen LogP contribution is 2.11. The molecule has 0 radical (unpaired) electrons. The molecule has 2 N–H and O–H groups in total. The van der Waals surface area contributed by atoms with Crippen molar-refractivity contribution >= 4 is 35.8 Å². The molecule has 150 valence electrons. The van der Waals surface area contributed by atoms with Crippen molar-refractivity contribution in [3.8, 4) is 0 Å². The number of aliphatic carboxylic acids is 2. The predicted octanol–water partition coefficient (Wildman–Crippen LogP) is 1.56. The summed E-state index contributed by atoms with van der Waals surface area (Å²) in [4.78, 5) is 67.6. The van der Waals surface area contributed by atoms with Crippen molar-refractivity contribution in [3.63, 3.8) is 0 Å². The van der Waals surface area contributed by atoms with Crippen LogP contribution in [-0.4, -0.2) is 46.0 Å². The topological polar surface area (TPSA) is 161 Å². The third kappa shape index (κ3) is 8.70. The Kier molecular flexibility index (Phi) is 9.01. The van der Waals surface area contributed by atoms with Gasteiger partial charge in [0, 0.05) is 25.7 Å². The Hall–Kier alpha value is -3.56. The van der Waals surface area contributed by atoms with Crippen LogP contribution < -0.4 is 0 Å². The van der Waals surface area contributed by atoms with Crippen molar-refractivity contribution in [1.29, 1.82) is 0 Å². The van der Waals surface area contributed by atoms with E-state index < -0.39 is 35.8 Å². The van der Waals surface area contributed by atoms with Crippen molar-refractivity contribution < 1.29 is 48.5 Å². The molecule has 0 amide bonds. The molecule has 1 aromatic carbocycles. The summed E-state index contributed by atoms with van der Waals surface area (Å²) < 4.78 is 9.13. The monoisotopic (exact) mass is 394 g/mol. The van der Waals surface area contributed by atoms with Gasteiger partial charge in [0.1, 0.15) is 0 Å². The maximum absolute atomic E-state index is 11.9. The molecule has 10 heteroatoms. The summed E-state index contributed by atoms with van der Waals surface area (Å²) >= 11 is 0. The fourth-order valence-electron chi connectivity index (χ4n) is 1.97. The van der Waals surface area contributed by atoms with E-state index in [4.69, 9.17) is 10.2 Å². The van der Waals surface area contributed by atoms with Crippen LogP contribution in [0, 0.1) is 0 Å². The van der Waals surface area contributed by atoms with E-state index in [0.717, 1.165) is 6.07 Å². The molecule has 0 bridgehead atoms. The zero-order valence-corrected chi connectivity index (χ0v) is 14.7. The molecule has 0 aromatic heterocycles. The van der Waals surface area contributed by atoms with E-state index in [1.165, 1.54) is 18.2 Å².